The summed E-state index contributed by atoms with van der Waals surface area (Å²) in [5.74, 6) is -0.174. The molecule has 1 aromatic heterocycles. The summed E-state index contributed by atoms with van der Waals surface area (Å²) in [6.07, 6.45) is 5.05. The number of aromatic nitrogens is 2. The lowest BCUT2D eigenvalue weighted by molar-refractivity contribution is 0.103. The molecule has 0 bridgehead atoms. The van der Waals surface area contributed by atoms with Crippen LogP contribution in [0, 0.1) is 0 Å². The van der Waals surface area contributed by atoms with Gasteiger partial charge in [-0.15, -0.1) is 0 Å². The molecule has 0 saturated carbocycles. The maximum absolute atomic E-state index is 12.8. The molecule has 0 spiro atoms. The van der Waals surface area contributed by atoms with Gasteiger partial charge in [0.15, 0.2) is 5.78 Å². The molecule has 1 heterocycles. The predicted octanol–water partition coefficient (Wildman–Crippen LogP) is 4.41. The third kappa shape index (κ3) is 2.71. The second-order valence-electron chi connectivity index (χ2n) is 4.44. The minimum absolute atomic E-state index is 0.174. The van der Waals surface area contributed by atoms with Gasteiger partial charge in [0, 0.05) is 28.5 Å². The van der Waals surface area contributed by atoms with Crippen LogP contribution in [0.5, 0.6) is 0 Å². The highest BCUT2D eigenvalue weighted by Crippen LogP contribution is 2.25. The lowest BCUT2D eigenvalue weighted by atomic mass is 10.0. The van der Waals surface area contributed by atoms with Crippen LogP contribution in [0.2, 0.25) is 10.0 Å². The lowest BCUT2D eigenvalue weighted by Gasteiger charge is -2.11. The van der Waals surface area contributed by atoms with Gasteiger partial charge in [0.25, 0.3) is 0 Å². The van der Waals surface area contributed by atoms with E-state index in [2.05, 4.69) is 4.98 Å². The summed E-state index contributed by atoms with van der Waals surface area (Å²) < 4.78 is 1.76. The first-order valence-corrected chi connectivity index (χ1v) is 6.99. The molecule has 0 aliphatic rings. The summed E-state index contributed by atoms with van der Waals surface area (Å²) in [5, 5.41) is 0.910. The molecule has 3 aromatic rings. The predicted molar refractivity (Wildman–Crippen MR) is 83.5 cm³/mol. The summed E-state index contributed by atoms with van der Waals surface area (Å²) in [4.78, 5) is 16.8. The Morgan fingerprint density at radius 3 is 2.57 bits per heavy atom. The average Bonchev–Trinajstić information content (AvgIpc) is 3.01. The van der Waals surface area contributed by atoms with Crippen molar-refractivity contribution in [3.8, 4) is 5.69 Å². The van der Waals surface area contributed by atoms with Crippen LogP contribution in [0.3, 0.4) is 0 Å². The zero-order valence-corrected chi connectivity index (χ0v) is 12.3. The van der Waals surface area contributed by atoms with E-state index in [1.807, 2.05) is 0 Å². The summed E-state index contributed by atoms with van der Waals surface area (Å²) in [6.45, 7) is 0. The number of ketones is 1. The van der Waals surface area contributed by atoms with Gasteiger partial charge >= 0.3 is 0 Å². The Morgan fingerprint density at radius 2 is 1.86 bits per heavy atom. The van der Waals surface area contributed by atoms with Crippen molar-refractivity contribution < 1.29 is 4.79 Å². The number of imidazole rings is 1. The van der Waals surface area contributed by atoms with Crippen LogP contribution in [0.1, 0.15) is 15.9 Å². The van der Waals surface area contributed by atoms with E-state index in [4.69, 9.17) is 23.2 Å². The van der Waals surface area contributed by atoms with Gasteiger partial charge in [-0.1, -0.05) is 35.3 Å². The molecule has 5 heteroatoms. The van der Waals surface area contributed by atoms with E-state index < -0.39 is 0 Å². The Balaban J connectivity index is 2.16. The normalized spacial score (nSPS) is 10.6. The smallest absolute Gasteiger partial charge is 0.196 e. The van der Waals surface area contributed by atoms with Crippen LogP contribution in [-0.2, 0) is 0 Å². The van der Waals surface area contributed by atoms with Gasteiger partial charge in [0.1, 0.15) is 0 Å². The molecule has 0 aliphatic heterocycles. The molecule has 0 saturated heterocycles. The molecule has 0 N–H and O–H groups in total. The minimum Gasteiger partial charge on any atom is -0.306 e. The number of nitrogens with zero attached hydrogens (tertiary/aromatic N) is 2. The van der Waals surface area contributed by atoms with E-state index in [0.29, 0.717) is 26.9 Å². The van der Waals surface area contributed by atoms with Gasteiger partial charge in [0.2, 0.25) is 0 Å². The maximum Gasteiger partial charge on any atom is 0.196 e. The van der Waals surface area contributed by atoms with E-state index in [-0.39, 0.29) is 5.78 Å². The third-order valence-corrected chi connectivity index (χ3v) is 3.67. The molecule has 0 aliphatic carbocycles. The van der Waals surface area contributed by atoms with Crippen LogP contribution in [0.4, 0.5) is 0 Å². The molecule has 2 aromatic carbocycles. The number of hydrogen-bond donors (Lipinski definition) is 0. The van der Waals surface area contributed by atoms with Crippen molar-refractivity contribution in [1.82, 2.24) is 9.55 Å². The van der Waals surface area contributed by atoms with Gasteiger partial charge in [-0.25, -0.2) is 4.98 Å². The minimum atomic E-state index is -0.174. The van der Waals surface area contributed by atoms with Gasteiger partial charge in [-0.05, 0) is 30.3 Å². The molecule has 21 heavy (non-hydrogen) atoms. The first kappa shape index (κ1) is 13.9. The Kier molecular flexibility index (Phi) is 3.78. The van der Waals surface area contributed by atoms with Crippen molar-refractivity contribution in [2.45, 2.75) is 0 Å². The molecule has 0 amide bonds. The molecule has 104 valence electrons. The number of hydrogen-bond acceptors (Lipinski definition) is 2. The largest absolute Gasteiger partial charge is 0.306 e. The van der Waals surface area contributed by atoms with Crippen LogP contribution >= 0.6 is 23.2 Å². The Morgan fingerprint density at radius 1 is 1.05 bits per heavy atom. The van der Waals surface area contributed by atoms with E-state index >= 15 is 0 Å². The third-order valence-electron chi connectivity index (χ3n) is 3.10. The van der Waals surface area contributed by atoms with Gasteiger partial charge in [-0.2, -0.15) is 0 Å². The number of rotatable bonds is 3. The topological polar surface area (TPSA) is 34.9 Å². The fraction of sp³-hybridized carbons (Fsp3) is 0. The molecular formula is C16H10Cl2N2O. The molecule has 0 unspecified atom stereocenters. The van der Waals surface area contributed by atoms with Gasteiger partial charge in [0.05, 0.1) is 17.0 Å². The summed E-state index contributed by atoms with van der Waals surface area (Å²) in [6, 6.07) is 12.1. The van der Waals surface area contributed by atoms with Crippen molar-refractivity contribution in [3.05, 3.63) is 82.4 Å². The fourth-order valence-electron chi connectivity index (χ4n) is 2.11. The Labute approximate surface area is 131 Å². The number of carbonyl (C=O) groups excluding carboxylic acids is 1. The van der Waals surface area contributed by atoms with Crippen LogP contribution in [-0.4, -0.2) is 15.3 Å². The van der Waals surface area contributed by atoms with Crippen molar-refractivity contribution >= 4 is 29.0 Å². The summed E-state index contributed by atoms with van der Waals surface area (Å²) in [7, 11) is 0. The highest BCUT2D eigenvalue weighted by Gasteiger charge is 2.17. The van der Waals surface area contributed by atoms with Crippen LogP contribution < -0.4 is 0 Å². The average molecular weight is 317 g/mol. The molecule has 0 atom stereocenters. The SMILES string of the molecule is O=C(c1ccccc1Cl)c1cc(Cl)ccc1-n1ccnc1. The number of carbonyl (C=O) groups is 1. The fourth-order valence-corrected chi connectivity index (χ4v) is 2.50. The Hall–Kier alpha value is -2.10. The molecule has 3 rings (SSSR count). The van der Waals surface area contributed by atoms with E-state index in [9.17, 15) is 4.79 Å². The monoisotopic (exact) mass is 316 g/mol. The van der Waals surface area contributed by atoms with Crippen molar-refractivity contribution in [3.63, 3.8) is 0 Å². The highest BCUT2D eigenvalue weighted by molar-refractivity contribution is 6.35. The zero-order chi connectivity index (χ0) is 14.8. The van der Waals surface area contributed by atoms with Crippen molar-refractivity contribution in [2.24, 2.45) is 0 Å². The Bertz CT molecular complexity index is 798. The van der Waals surface area contributed by atoms with E-state index in [1.165, 1.54) is 0 Å². The van der Waals surface area contributed by atoms with E-state index in [1.54, 1.807) is 65.8 Å². The first-order chi connectivity index (χ1) is 10.2. The molecule has 3 nitrogen and oxygen atoms in total. The highest BCUT2D eigenvalue weighted by atomic mass is 35.5. The summed E-state index contributed by atoms with van der Waals surface area (Å²) >= 11 is 12.2. The second-order valence-corrected chi connectivity index (χ2v) is 5.28. The second kappa shape index (κ2) is 5.72. The number of halogens is 2. The van der Waals surface area contributed by atoms with Gasteiger partial charge < -0.3 is 4.57 Å². The molecule has 0 radical (unpaired) electrons. The standard InChI is InChI=1S/C16H10Cl2N2O/c17-11-5-6-15(20-8-7-19-10-20)13(9-11)16(21)12-3-1-2-4-14(12)18/h1-10H. The van der Waals surface area contributed by atoms with E-state index in [0.717, 1.165) is 0 Å². The lowest BCUT2D eigenvalue weighted by Crippen LogP contribution is -2.07. The quantitative estimate of drug-likeness (QED) is 0.671. The van der Waals surface area contributed by atoms with Crippen molar-refractivity contribution in [1.29, 1.82) is 0 Å². The van der Waals surface area contributed by atoms with Crippen LogP contribution in [0.15, 0.2) is 61.2 Å². The van der Waals surface area contributed by atoms with Crippen molar-refractivity contribution in [2.75, 3.05) is 0 Å². The maximum atomic E-state index is 12.8. The van der Waals surface area contributed by atoms with Gasteiger partial charge in [-0.3, -0.25) is 4.79 Å². The molecular weight excluding hydrogens is 307 g/mol. The van der Waals surface area contributed by atoms with Crippen LogP contribution in [0.25, 0.3) is 5.69 Å². The number of benzene rings is 2. The summed E-state index contributed by atoms with van der Waals surface area (Å²) in [5.41, 5.74) is 1.64. The molecule has 0 fully saturated rings. The zero-order valence-electron chi connectivity index (χ0n) is 10.8. The first-order valence-electron chi connectivity index (χ1n) is 6.24.